The number of rotatable bonds is 9. The molecular formula is C21H28FNO4. The van der Waals surface area contributed by atoms with Crippen molar-refractivity contribution in [2.24, 2.45) is 11.3 Å². The number of carboxylic acids is 1. The Hall–Kier alpha value is -1.95. The van der Waals surface area contributed by atoms with Crippen molar-refractivity contribution in [2.75, 3.05) is 13.7 Å². The molecule has 0 saturated heterocycles. The van der Waals surface area contributed by atoms with E-state index in [-0.39, 0.29) is 23.7 Å². The molecule has 1 unspecified atom stereocenters. The summed E-state index contributed by atoms with van der Waals surface area (Å²) in [5, 5.41) is 12.7. The van der Waals surface area contributed by atoms with Crippen LogP contribution in [0.4, 0.5) is 4.39 Å². The summed E-state index contributed by atoms with van der Waals surface area (Å²) in [4.78, 5) is 24.7. The lowest BCUT2D eigenvalue weighted by molar-refractivity contribution is -0.145. The zero-order valence-corrected chi connectivity index (χ0v) is 15.7. The molecule has 1 amide bonds. The Balaban J connectivity index is 1.63. The Morgan fingerprint density at radius 1 is 1.30 bits per heavy atom. The second kappa shape index (κ2) is 8.38. The van der Waals surface area contributed by atoms with Crippen molar-refractivity contribution in [1.82, 2.24) is 5.32 Å². The number of amides is 1. The first-order valence-corrected chi connectivity index (χ1v) is 9.73. The molecule has 3 atom stereocenters. The van der Waals surface area contributed by atoms with Crippen molar-refractivity contribution in [3.63, 3.8) is 0 Å². The number of hydrogen-bond acceptors (Lipinski definition) is 3. The fourth-order valence-corrected chi connectivity index (χ4v) is 4.37. The van der Waals surface area contributed by atoms with E-state index in [1.165, 1.54) is 12.1 Å². The van der Waals surface area contributed by atoms with Gasteiger partial charge in [-0.15, -0.1) is 0 Å². The van der Waals surface area contributed by atoms with Crippen LogP contribution in [-0.4, -0.2) is 36.7 Å². The third-order valence-electron chi connectivity index (χ3n) is 6.10. The molecule has 2 aliphatic carbocycles. The Kier molecular flexibility index (Phi) is 6.15. The van der Waals surface area contributed by atoms with Gasteiger partial charge >= 0.3 is 5.97 Å². The van der Waals surface area contributed by atoms with Gasteiger partial charge in [-0.2, -0.15) is 0 Å². The van der Waals surface area contributed by atoms with Crippen LogP contribution in [0.3, 0.4) is 0 Å². The highest BCUT2D eigenvalue weighted by atomic mass is 19.1. The number of carbonyl (C=O) groups is 2. The number of hydrogen-bond donors (Lipinski definition) is 2. The van der Waals surface area contributed by atoms with Crippen LogP contribution in [0.1, 0.15) is 56.4 Å². The highest BCUT2D eigenvalue weighted by Gasteiger charge is 2.47. The maximum absolute atomic E-state index is 13.1. The minimum absolute atomic E-state index is 0.0155. The summed E-state index contributed by atoms with van der Waals surface area (Å²) >= 11 is 0. The van der Waals surface area contributed by atoms with Crippen molar-refractivity contribution < 1.29 is 23.8 Å². The van der Waals surface area contributed by atoms with E-state index in [4.69, 9.17) is 4.74 Å². The fourth-order valence-electron chi connectivity index (χ4n) is 4.37. The van der Waals surface area contributed by atoms with Crippen LogP contribution in [0.15, 0.2) is 24.3 Å². The molecule has 1 aromatic carbocycles. The summed E-state index contributed by atoms with van der Waals surface area (Å²) in [5.74, 6) is -1.49. The molecule has 148 valence electrons. The second-order valence-electron chi connectivity index (χ2n) is 7.98. The van der Waals surface area contributed by atoms with Gasteiger partial charge in [-0.3, -0.25) is 9.59 Å². The Labute approximate surface area is 159 Å². The summed E-state index contributed by atoms with van der Waals surface area (Å²) in [7, 11) is 1.56. The molecule has 0 aliphatic heterocycles. The van der Waals surface area contributed by atoms with Gasteiger partial charge in [-0.1, -0.05) is 25.0 Å². The lowest BCUT2D eigenvalue weighted by atomic mass is 9.76. The Morgan fingerprint density at radius 2 is 1.96 bits per heavy atom. The quantitative estimate of drug-likeness (QED) is 0.691. The normalized spacial score (nSPS) is 24.4. The number of carbonyl (C=O) groups excluding carboxylic acids is 1. The molecular weight excluding hydrogens is 349 g/mol. The maximum atomic E-state index is 13.1. The summed E-state index contributed by atoms with van der Waals surface area (Å²) in [6.45, 7) is 0.379. The third kappa shape index (κ3) is 4.67. The maximum Gasteiger partial charge on any atom is 0.306 e. The van der Waals surface area contributed by atoms with Crippen molar-refractivity contribution >= 4 is 11.9 Å². The minimum atomic E-state index is -0.860. The van der Waals surface area contributed by atoms with Gasteiger partial charge in [-0.05, 0) is 49.8 Å². The largest absolute Gasteiger partial charge is 0.481 e. The van der Waals surface area contributed by atoms with Crippen LogP contribution in [0.25, 0.3) is 0 Å². The molecule has 0 aromatic heterocycles. The number of nitrogens with one attached hydrogen (secondary N) is 1. The molecule has 1 aromatic rings. The van der Waals surface area contributed by atoms with Crippen LogP contribution in [0, 0.1) is 17.2 Å². The first-order valence-electron chi connectivity index (χ1n) is 9.73. The van der Waals surface area contributed by atoms with E-state index in [0.717, 1.165) is 37.7 Å². The molecule has 3 rings (SSSR count). The minimum Gasteiger partial charge on any atom is -0.481 e. The first kappa shape index (κ1) is 19.8. The van der Waals surface area contributed by atoms with Crippen LogP contribution in [-0.2, 0) is 14.3 Å². The number of carboxylic acid groups (broad SMARTS) is 1. The van der Waals surface area contributed by atoms with Gasteiger partial charge in [0.1, 0.15) is 5.82 Å². The SMILES string of the molecule is COCCC(CC1(C(=O)N[C@@H]2C[C@H]2c2ccc(F)cc2)CCCC1)C(=O)O. The summed E-state index contributed by atoms with van der Waals surface area (Å²) < 4.78 is 18.1. The average molecular weight is 377 g/mol. The van der Waals surface area contributed by atoms with Crippen molar-refractivity contribution in [3.8, 4) is 0 Å². The van der Waals surface area contributed by atoms with E-state index < -0.39 is 17.3 Å². The third-order valence-corrected chi connectivity index (χ3v) is 6.10. The lowest BCUT2D eigenvalue weighted by Crippen LogP contribution is -2.43. The molecule has 2 saturated carbocycles. The van der Waals surface area contributed by atoms with Crippen LogP contribution < -0.4 is 5.32 Å². The van der Waals surface area contributed by atoms with E-state index in [9.17, 15) is 19.1 Å². The van der Waals surface area contributed by atoms with Gasteiger partial charge in [-0.25, -0.2) is 4.39 Å². The molecule has 0 heterocycles. The van der Waals surface area contributed by atoms with Crippen molar-refractivity contribution in [2.45, 2.75) is 56.9 Å². The lowest BCUT2D eigenvalue weighted by Gasteiger charge is -2.30. The van der Waals surface area contributed by atoms with Gasteiger partial charge in [0.05, 0.1) is 11.3 Å². The second-order valence-corrected chi connectivity index (χ2v) is 7.98. The zero-order chi connectivity index (χ0) is 19.4. The monoisotopic (exact) mass is 377 g/mol. The number of benzene rings is 1. The molecule has 2 N–H and O–H groups in total. The molecule has 27 heavy (non-hydrogen) atoms. The van der Waals surface area contributed by atoms with Gasteiger partial charge < -0.3 is 15.2 Å². The number of aliphatic carboxylic acids is 1. The summed E-state index contributed by atoms with van der Waals surface area (Å²) in [6, 6.07) is 6.48. The van der Waals surface area contributed by atoms with Crippen molar-refractivity contribution in [1.29, 1.82) is 0 Å². The van der Waals surface area contributed by atoms with Crippen molar-refractivity contribution in [3.05, 3.63) is 35.6 Å². The van der Waals surface area contributed by atoms with Gasteiger partial charge in [0.2, 0.25) is 5.91 Å². The highest BCUT2D eigenvalue weighted by Crippen LogP contribution is 2.46. The Bertz CT molecular complexity index is 669. The van der Waals surface area contributed by atoms with E-state index in [0.29, 0.717) is 19.4 Å². The first-order chi connectivity index (χ1) is 12.9. The smallest absolute Gasteiger partial charge is 0.306 e. The van der Waals surface area contributed by atoms with E-state index in [1.807, 2.05) is 0 Å². The molecule has 0 radical (unpaired) electrons. The van der Waals surface area contributed by atoms with E-state index in [1.54, 1.807) is 19.2 Å². The van der Waals surface area contributed by atoms with Crippen LogP contribution in [0.5, 0.6) is 0 Å². The topological polar surface area (TPSA) is 75.6 Å². The summed E-state index contributed by atoms with van der Waals surface area (Å²) in [6.07, 6.45) is 5.02. The molecule has 5 nitrogen and oxygen atoms in total. The number of ether oxygens (including phenoxy) is 1. The van der Waals surface area contributed by atoms with Gasteiger partial charge in [0, 0.05) is 25.7 Å². The van der Waals surface area contributed by atoms with Gasteiger partial charge in [0.25, 0.3) is 0 Å². The number of methoxy groups -OCH3 is 1. The molecule has 0 bridgehead atoms. The fraction of sp³-hybridized carbons (Fsp3) is 0.619. The van der Waals surface area contributed by atoms with Crippen LogP contribution >= 0.6 is 0 Å². The molecule has 6 heteroatoms. The van der Waals surface area contributed by atoms with E-state index in [2.05, 4.69) is 5.32 Å². The number of halogens is 1. The zero-order valence-electron chi connectivity index (χ0n) is 15.7. The average Bonchev–Trinajstić information content (AvgIpc) is 3.24. The highest BCUT2D eigenvalue weighted by molar-refractivity contribution is 5.84. The Morgan fingerprint density at radius 3 is 2.56 bits per heavy atom. The van der Waals surface area contributed by atoms with Crippen LogP contribution in [0.2, 0.25) is 0 Å². The van der Waals surface area contributed by atoms with E-state index >= 15 is 0 Å². The molecule has 2 aliphatic rings. The van der Waals surface area contributed by atoms with Gasteiger partial charge in [0.15, 0.2) is 0 Å². The summed E-state index contributed by atoms with van der Waals surface area (Å²) in [5.41, 5.74) is 0.442. The standard InChI is InChI=1S/C21H28FNO4/c1-27-11-8-15(19(24)25)13-21(9-2-3-10-21)20(26)23-18-12-17(18)14-4-6-16(22)7-5-14/h4-7,15,17-18H,2-3,8-13H2,1H3,(H,23,26)(H,24,25)/t15?,17-,18+/m0/s1. The predicted molar refractivity (Wildman–Crippen MR) is 98.8 cm³/mol. The molecule has 2 fully saturated rings. The molecule has 0 spiro atoms. The predicted octanol–water partition coefficient (Wildman–Crippen LogP) is 3.49.